The number of anilines is 1. The van der Waals surface area contributed by atoms with E-state index in [0.717, 1.165) is 10.2 Å². The second kappa shape index (κ2) is 9.98. The number of benzene rings is 2. The minimum absolute atomic E-state index is 0.0725. The molecule has 1 atom stereocenters. The summed E-state index contributed by atoms with van der Waals surface area (Å²) in [5.41, 5.74) is 1.08. The fraction of sp³-hybridized carbons (Fsp3) is 0.294. The summed E-state index contributed by atoms with van der Waals surface area (Å²) in [5, 5.41) is 2.48. The molecule has 0 radical (unpaired) electrons. The Balaban J connectivity index is 2.56. The maximum absolute atomic E-state index is 14.1. The fourth-order valence-electron chi connectivity index (χ4n) is 2.30. The molecule has 0 aliphatic heterocycles. The van der Waals surface area contributed by atoms with E-state index in [1.165, 1.54) is 12.1 Å². The lowest BCUT2D eigenvalue weighted by Crippen LogP contribution is -2.31. The molecule has 4 nitrogen and oxygen atoms in total. The summed E-state index contributed by atoms with van der Waals surface area (Å²) >= 11 is 11.4. The van der Waals surface area contributed by atoms with Gasteiger partial charge in [0.15, 0.2) is 0 Å². The first kappa shape index (κ1) is 23.7. The van der Waals surface area contributed by atoms with E-state index in [0.29, 0.717) is 0 Å². The third-order valence-corrected chi connectivity index (χ3v) is 6.22. The second-order valence-electron chi connectivity index (χ2n) is 5.82. The molecule has 0 aliphatic rings. The van der Waals surface area contributed by atoms with Crippen LogP contribution in [0.4, 0.5) is 27.6 Å². The average molecular weight is 477 g/mol. The summed E-state index contributed by atoms with van der Waals surface area (Å²) in [6.07, 6.45) is 0. The Morgan fingerprint density at radius 2 is 1.34 bits per heavy atom. The van der Waals surface area contributed by atoms with Crippen molar-refractivity contribution in [1.82, 2.24) is 4.67 Å². The average Bonchev–Trinajstić information content (AvgIpc) is 2.70. The monoisotopic (exact) mass is 476 g/mol. The summed E-state index contributed by atoms with van der Waals surface area (Å²) in [5.74, 6) is -13.1. The zero-order valence-electron chi connectivity index (χ0n) is 15.0. The van der Waals surface area contributed by atoms with Gasteiger partial charge in [0.1, 0.15) is 0 Å². The van der Waals surface area contributed by atoms with Crippen LogP contribution in [0, 0.1) is 36.0 Å². The summed E-state index contributed by atoms with van der Waals surface area (Å²) < 4.78 is 88.1. The Kier molecular flexibility index (Phi) is 8.17. The van der Waals surface area contributed by atoms with Crippen LogP contribution in [0.15, 0.2) is 24.3 Å². The number of hydrogen-bond acceptors (Lipinski definition) is 2. The largest absolute Gasteiger partial charge is 0.420 e. The molecule has 0 fully saturated rings. The first-order valence-electron chi connectivity index (χ1n) is 8.18. The van der Waals surface area contributed by atoms with Gasteiger partial charge in [-0.1, -0.05) is 17.7 Å². The number of hydrogen-bond donors (Lipinski definition) is 1. The predicted octanol–water partition coefficient (Wildman–Crippen LogP) is 6.07. The highest BCUT2D eigenvalue weighted by Crippen LogP contribution is 2.52. The van der Waals surface area contributed by atoms with E-state index in [2.05, 4.69) is 5.09 Å². The van der Waals surface area contributed by atoms with Crippen LogP contribution >= 0.6 is 30.9 Å². The molecule has 0 saturated heterocycles. The zero-order valence-corrected chi connectivity index (χ0v) is 17.4. The van der Waals surface area contributed by atoms with Crippen LogP contribution in [0.1, 0.15) is 5.56 Å². The minimum atomic E-state index is -4.45. The van der Waals surface area contributed by atoms with Crippen molar-refractivity contribution < 1.29 is 31.0 Å². The smallest absolute Gasteiger partial charge is 0.411 e. The third kappa shape index (κ3) is 5.34. The van der Waals surface area contributed by atoms with E-state index in [1.54, 1.807) is 19.1 Å². The third-order valence-electron chi connectivity index (χ3n) is 3.76. The van der Waals surface area contributed by atoms with Crippen LogP contribution in [0.2, 0.25) is 0 Å². The second-order valence-corrected chi connectivity index (χ2v) is 8.59. The van der Waals surface area contributed by atoms with Crippen LogP contribution in [-0.4, -0.2) is 29.5 Å². The Hall–Kier alpha value is -1.54. The molecule has 160 valence electrons. The molecule has 0 aromatic heterocycles. The van der Waals surface area contributed by atoms with Crippen LogP contribution in [-0.2, 0) is 4.57 Å². The number of nitrogens with one attached hydrogen (secondary N) is 1. The summed E-state index contributed by atoms with van der Waals surface area (Å²) in [6, 6.07) is 6.31. The van der Waals surface area contributed by atoms with Crippen molar-refractivity contribution in [2.45, 2.75) is 6.92 Å². The van der Waals surface area contributed by atoms with Gasteiger partial charge in [0, 0.05) is 30.5 Å². The Labute approximate surface area is 174 Å². The van der Waals surface area contributed by atoms with Crippen LogP contribution in [0.3, 0.4) is 0 Å². The van der Waals surface area contributed by atoms with Gasteiger partial charge < -0.3 is 4.52 Å². The van der Waals surface area contributed by atoms with E-state index in [4.69, 9.17) is 27.7 Å². The van der Waals surface area contributed by atoms with Crippen molar-refractivity contribution in [3.05, 3.63) is 58.9 Å². The lowest BCUT2D eigenvalue weighted by molar-refractivity contribution is 0.326. The quantitative estimate of drug-likeness (QED) is 0.157. The van der Waals surface area contributed by atoms with E-state index in [9.17, 15) is 26.5 Å². The maximum atomic E-state index is 14.1. The molecular formula is C17H16Cl2F5N2O2P. The predicted molar refractivity (Wildman–Crippen MR) is 102 cm³/mol. The van der Waals surface area contributed by atoms with Crippen molar-refractivity contribution in [1.29, 1.82) is 0 Å². The minimum Gasteiger partial charge on any atom is -0.411 e. The molecule has 0 heterocycles. The van der Waals surface area contributed by atoms with Gasteiger partial charge in [0.25, 0.3) is 0 Å². The fourth-order valence-corrected chi connectivity index (χ4v) is 4.86. The Bertz CT molecular complexity index is 883. The molecule has 29 heavy (non-hydrogen) atoms. The molecule has 2 rings (SSSR count). The number of alkyl halides is 2. The van der Waals surface area contributed by atoms with E-state index >= 15 is 0 Å². The molecule has 1 unspecified atom stereocenters. The summed E-state index contributed by atoms with van der Waals surface area (Å²) in [6.45, 7) is 1.57. The van der Waals surface area contributed by atoms with Gasteiger partial charge in [-0.3, -0.25) is 5.09 Å². The Morgan fingerprint density at radius 1 is 0.897 bits per heavy atom. The van der Waals surface area contributed by atoms with Crippen LogP contribution in [0.5, 0.6) is 5.75 Å². The van der Waals surface area contributed by atoms with Crippen LogP contribution < -0.4 is 9.61 Å². The zero-order chi connectivity index (χ0) is 21.8. The first-order valence-corrected chi connectivity index (χ1v) is 10.8. The van der Waals surface area contributed by atoms with Crippen molar-refractivity contribution in [3.63, 3.8) is 0 Å². The van der Waals surface area contributed by atoms with Crippen LogP contribution in [0.25, 0.3) is 0 Å². The molecule has 0 bridgehead atoms. The Morgan fingerprint density at radius 3 is 1.79 bits per heavy atom. The first-order chi connectivity index (χ1) is 13.6. The van der Waals surface area contributed by atoms with E-state index in [1.807, 2.05) is 0 Å². The van der Waals surface area contributed by atoms with Crippen molar-refractivity contribution in [3.8, 4) is 5.75 Å². The summed E-state index contributed by atoms with van der Waals surface area (Å²) in [7, 11) is -4.45. The van der Waals surface area contributed by atoms with Gasteiger partial charge in [-0.15, -0.1) is 23.2 Å². The molecular weight excluding hydrogens is 461 g/mol. The van der Waals surface area contributed by atoms with Gasteiger partial charge in [-0.05, 0) is 19.1 Å². The van der Waals surface area contributed by atoms with Crippen molar-refractivity contribution in [2.75, 3.05) is 29.9 Å². The van der Waals surface area contributed by atoms with Crippen molar-refractivity contribution in [2.24, 2.45) is 0 Å². The van der Waals surface area contributed by atoms with Gasteiger partial charge >= 0.3 is 7.67 Å². The summed E-state index contributed by atoms with van der Waals surface area (Å²) in [4.78, 5) is 0. The van der Waals surface area contributed by atoms with E-state index < -0.39 is 42.5 Å². The highest BCUT2D eigenvalue weighted by Gasteiger charge is 2.38. The highest BCUT2D eigenvalue weighted by molar-refractivity contribution is 7.58. The van der Waals surface area contributed by atoms with Gasteiger partial charge in [0.2, 0.25) is 34.8 Å². The standard InChI is InChI=1S/C17H16Cl2F5N2O2P/c1-10-2-4-11(5-3-10)25-29(27,26(8-6-18)9-7-19)28-17-15(23)13(21)12(20)14(22)16(17)24/h2-5H,6-9H2,1H3,(H,25,27). The SMILES string of the molecule is Cc1ccc(NP(=O)(Oc2c(F)c(F)c(F)c(F)c2F)N(CCCl)CCCl)cc1. The lowest BCUT2D eigenvalue weighted by Gasteiger charge is -2.31. The molecule has 12 heteroatoms. The maximum Gasteiger partial charge on any atom is 0.420 e. The van der Waals surface area contributed by atoms with Gasteiger partial charge in [0.05, 0.1) is 0 Å². The molecule has 2 aromatic carbocycles. The number of rotatable bonds is 9. The molecule has 1 N–H and O–H groups in total. The molecule has 0 aliphatic carbocycles. The molecule has 0 saturated carbocycles. The number of nitrogens with zero attached hydrogens (tertiary/aromatic N) is 1. The normalized spacial score (nSPS) is 13.4. The topological polar surface area (TPSA) is 41.6 Å². The molecule has 0 spiro atoms. The highest BCUT2D eigenvalue weighted by atomic mass is 35.5. The lowest BCUT2D eigenvalue weighted by atomic mass is 10.2. The van der Waals surface area contributed by atoms with Gasteiger partial charge in [-0.25, -0.2) is 22.4 Å². The van der Waals surface area contributed by atoms with Crippen molar-refractivity contribution >= 4 is 36.6 Å². The van der Waals surface area contributed by atoms with Gasteiger partial charge in [-0.2, -0.15) is 8.78 Å². The van der Waals surface area contributed by atoms with E-state index in [-0.39, 0.29) is 30.5 Å². The number of halogens is 7. The molecule has 2 aromatic rings. The number of aryl methyl sites for hydroxylation is 1. The molecule has 0 amide bonds.